The number of benzene rings is 1. The maximum absolute atomic E-state index is 5.91. The molecule has 0 aliphatic rings. The van der Waals surface area contributed by atoms with Gasteiger partial charge in [-0.25, -0.2) is 10.8 Å². The van der Waals surface area contributed by atoms with Crippen molar-refractivity contribution in [1.29, 1.82) is 0 Å². The van der Waals surface area contributed by atoms with E-state index in [1.807, 2.05) is 24.3 Å². The zero-order chi connectivity index (χ0) is 14.5. The third-order valence-electron chi connectivity index (χ3n) is 3.28. The van der Waals surface area contributed by atoms with Crippen molar-refractivity contribution in [3.05, 3.63) is 52.9 Å². The van der Waals surface area contributed by atoms with E-state index in [-0.39, 0.29) is 6.04 Å². The molecular formula is C14H18ClN5. The SMILES string of the molecule is CC(c1ccc(Cl)cc1)N(C)Cc1cnc(NN)cn1. The van der Waals surface area contributed by atoms with Crippen LogP contribution in [-0.2, 0) is 6.54 Å². The minimum atomic E-state index is 0.265. The standard InChI is InChI=1S/C14H18ClN5/c1-10(11-3-5-12(15)6-4-11)20(2)9-13-7-18-14(19-16)8-17-13/h3-8,10H,9,16H2,1-2H3,(H,18,19). The maximum Gasteiger partial charge on any atom is 0.158 e. The lowest BCUT2D eigenvalue weighted by Crippen LogP contribution is -2.22. The lowest BCUT2D eigenvalue weighted by Gasteiger charge is -2.24. The minimum absolute atomic E-state index is 0.265. The van der Waals surface area contributed by atoms with Gasteiger partial charge < -0.3 is 5.43 Å². The lowest BCUT2D eigenvalue weighted by atomic mass is 10.1. The van der Waals surface area contributed by atoms with Crippen LogP contribution in [0.4, 0.5) is 5.82 Å². The molecule has 0 saturated heterocycles. The molecular weight excluding hydrogens is 274 g/mol. The number of nitrogen functional groups attached to an aromatic ring is 1. The Morgan fingerprint density at radius 3 is 2.50 bits per heavy atom. The number of nitrogens with two attached hydrogens (primary N) is 1. The van der Waals surface area contributed by atoms with Crippen molar-refractivity contribution in [2.24, 2.45) is 5.84 Å². The van der Waals surface area contributed by atoms with Gasteiger partial charge in [0.05, 0.1) is 18.1 Å². The number of aromatic nitrogens is 2. The monoisotopic (exact) mass is 291 g/mol. The molecule has 0 fully saturated rings. The molecule has 2 aromatic rings. The fourth-order valence-electron chi connectivity index (χ4n) is 1.90. The van der Waals surface area contributed by atoms with Crippen molar-refractivity contribution < 1.29 is 0 Å². The van der Waals surface area contributed by atoms with Crippen molar-refractivity contribution >= 4 is 17.4 Å². The summed E-state index contributed by atoms with van der Waals surface area (Å²) < 4.78 is 0. The fourth-order valence-corrected chi connectivity index (χ4v) is 2.03. The molecule has 0 amide bonds. The van der Waals surface area contributed by atoms with Gasteiger partial charge in [0.25, 0.3) is 0 Å². The first-order valence-corrected chi connectivity index (χ1v) is 6.71. The molecule has 1 aromatic carbocycles. The molecule has 2 rings (SSSR count). The summed E-state index contributed by atoms with van der Waals surface area (Å²) in [5, 5.41) is 0.749. The molecule has 1 heterocycles. The van der Waals surface area contributed by atoms with Crippen LogP contribution >= 0.6 is 11.6 Å². The van der Waals surface area contributed by atoms with E-state index in [2.05, 4.69) is 34.3 Å². The van der Waals surface area contributed by atoms with E-state index < -0.39 is 0 Å². The van der Waals surface area contributed by atoms with E-state index in [0.29, 0.717) is 12.4 Å². The summed E-state index contributed by atoms with van der Waals surface area (Å²) in [5.74, 6) is 5.82. The molecule has 3 N–H and O–H groups in total. The van der Waals surface area contributed by atoms with Gasteiger partial charge in [0.1, 0.15) is 0 Å². The average Bonchev–Trinajstić information content (AvgIpc) is 2.48. The number of hydrazine groups is 1. The van der Waals surface area contributed by atoms with Gasteiger partial charge in [0, 0.05) is 17.6 Å². The number of rotatable bonds is 5. The largest absolute Gasteiger partial charge is 0.307 e. The molecule has 0 aliphatic carbocycles. The van der Waals surface area contributed by atoms with Crippen LogP contribution in [-0.4, -0.2) is 21.9 Å². The zero-order valence-corrected chi connectivity index (χ0v) is 12.3. The van der Waals surface area contributed by atoms with Gasteiger partial charge in [0.2, 0.25) is 0 Å². The predicted molar refractivity (Wildman–Crippen MR) is 81.2 cm³/mol. The molecule has 0 bridgehead atoms. The molecule has 1 unspecified atom stereocenters. The number of halogens is 1. The Bertz CT molecular complexity index is 540. The Morgan fingerprint density at radius 1 is 1.25 bits per heavy atom. The normalized spacial score (nSPS) is 12.4. The first-order valence-electron chi connectivity index (χ1n) is 6.33. The zero-order valence-electron chi connectivity index (χ0n) is 11.5. The van der Waals surface area contributed by atoms with Crippen molar-refractivity contribution in [1.82, 2.24) is 14.9 Å². The first-order chi connectivity index (χ1) is 9.60. The van der Waals surface area contributed by atoms with Gasteiger partial charge in [-0.2, -0.15) is 0 Å². The summed E-state index contributed by atoms with van der Waals surface area (Å²) >= 11 is 5.91. The minimum Gasteiger partial charge on any atom is -0.307 e. The number of anilines is 1. The molecule has 0 radical (unpaired) electrons. The molecule has 1 aromatic heterocycles. The highest BCUT2D eigenvalue weighted by Gasteiger charge is 2.12. The molecule has 0 aliphatic heterocycles. The predicted octanol–water partition coefficient (Wildman–Crippen LogP) is 2.61. The molecule has 1 atom stereocenters. The number of nitrogens with one attached hydrogen (secondary N) is 1. The Hall–Kier alpha value is -1.69. The fraction of sp³-hybridized carbons (Fsp3) is 0.286. The molecule has 0 spiro atoms. The van der Waals surface area contributed by atoms with Crippen molar-refractivity contribution in [2.75, 3.05) is 12.5 Å². The number of hydrogen-bond donors (Lipinski definition) is 2. The van der Waals surface area contributed by atoms with Crippen molar-refractivity contribution in [3.63, 3.8) is 0 Å². The van der Waals surface area contributed by atoms with Crippen molar-refractivity contribution in [2.45, 2.75) is 19.5 Å². The summed E-state index contributed by atoms with van der Waals surface area (Å²) in [7, 11) is 2.05. The second-order valence-corrected chi connectivity index (χ2v) is 5.12. The summed E-state index contributed by atoms with van der Waals surface area (Å²) in [6, 6.07) is 8.15. The van der Waals surface area contributed by atoms with Gasteiger partial charge in [-0.05, 0) is 31.7 Å². The van der Waals surface area contributed by atoms with Crippen LogP contribution < -0.4 is 11.3 Å². The van der Waals surface area contributed by atoms with Crippen LogP contribution in [0.2, 0.25) is 5.02 Å². The molecule has 20 heavy (non-hydrogen) atoms. The van der Waals surface area contributed by atoms with E-state index in [1.54, 1.807) is 12.4 Å². The highest BCUT2D eigenvalue weighted by atomic mass is 35.5. The second kappa shape index (κ2) is 6.65. The van der Waals surface area contributed by atoms with E-state index in [9.17, 15) is 0 Å². The van der Waals surface area contributed by atoms with E-state index >= 15 is 0 Å². The summed E-state index contributed by atoms with van der Waals surface area (Å²) in [6.07, 6.45) is 3.34. The third kappa shape index (κ3) is 3.66. The molecule has 106 valence electrons. The van der Waals surface area contributed by atoms with Crippen LogP contribution in [0.3, 0.4) is 0 Å². The highest BCUT2D eigenvalue weighted by molar-refractivity contribution is 6.30. The summed E-state index contributed by atoms with van der Waals surface area (Å²) in [6.45, 7) is 2.86. The molecule has 0 saturated carbocycles. The Balaban J connectivity index is 2.02. The van der Waals surface area contributed by atoms with Crippen LogP contribution in [0.25, 0.3) is 0 Å². The Morgan fingerprint density at radius 2 is 1.95 bits per heavy atom. The topological polar surface area (TPSA) is 67.1 Å². The van der Waals surface area contributed by atoms with Gasteiger partial charge in [0.15, 0.2) is 5.82 Å². The Kier molecular flexibility index (Phi) is 4.89. The average molecular weight is 292 g/mol. The van der Waals surface area contributed by atoms with Crippen LogP contribution in [0, 0.1) is 0 Å². The summed E-state index contributed by atoms with van der Waals surface area (Å²) in [5.41, 5.74) is 4.57. The Labute approximate surface area is 123 Å². The van der Waals surface area contributed by atoms with E-state index in [1.165, 1.54) is 5.56 Å². The van der Waals surface area contributed by atoms with Gasteiger partial charge >= 0.3 is 0 Å². The van der Waals surface area contributed by atoms with E-state index in [4.69, 9.17) is 17.4 Å². The van der Waals surface area contributed by atoms with Gasteiger partial charge in [-0.15, -0.1) is 0 Å². The third-order valence-corrected chi connectivity index (χ3v) is 3.53. The van der Waals surface area contributed by atoms with Gasteiger partial charge in [-0.1, -0.05) is 23.7 Å². The first kappa shape index (κ1) is 14.7. The quantitative estimate of drug-likeness (QED) is 0.655. The van der Waals surface area contributed by atoms with Gasteiger partial charge in [-0.3, -0.25) is 9.88 Å². The second-order valence-electron chi connectivity index (χ2n) is 4.68. The number of hydrogen-bond acceptors (Lipinski definition) is 5. The molecule has 5 nitrogen and oxygen atoms in total. The lowest BCUT2D eigenvalue weighted by molar-refractivity contribution is 0.250. The van der Waals surface area contributed by atoms with E-state index in [0.717, 1.165) is 10.7 Å². The molecule has 6 heteroatoms. The smallest absolute Gasteiger partial charge is 0.158 e. The van der Waals surface area contributed by atoms with Crippen LogP contribution in [0.15, 0.2) is 36.7 Å². The summed E-state index contributed by atoms with van der Waals surface area (Å²) in [4.78, 5) is 10.7. The van der Waals surface area contributed by atoms with Crippen LogP contribution in [0.5, 0.6) is 0 Å². The number of nitrogens with zero attached hydrogens (tertiary/aromatic N) is 3. The highest BCUT2D eigenvalue weighted by Crippen LogP contribution is 2.21. The van der Waals surface area contributed by atoms with Crippen LogP contribution in [0.1, 0.15) is 24.2 Å². The maximum atomic E-state index is 5.91. The van der Waals surface area contributed by atoms with Crippen molar-refractivity contribution in [3.8, 4) is 0 Å².